The Morgan fingerprint density at radius 3 is 2.57 bits per heavy atom. The van der Waals surface area contributed by atoms with E-state index in [1.165, 1.54) is 22.3 Å². The quantitative estimate of drug-likeness (QED) is 0.202. The van der Waals surface area contributed by atoms with Crippen molar-refractivity contribution in [2.24, 2.45) is 0 Å². The van der Waals surface area contributed by atoms with Crippen LogP contribution < -0.4 is 10.1 Å². The van der Waals surface area contributed by atoms with Crippen LogP contribution in [0.3, 0.4) is 0 Å². The minimum atomic E-state index is 0.315. The Labute approximate surface area is 222 Å². The molecule has 0 aliphatic rings. The molecule has 0 radical (unpaired) electrons. The van der Waals surface area contributed by atoms with Crippen LogP contribution >= 0.6 is 0 Å². The Kier molecular flexibility index (Phi) is 9.95. The van der Waals surface area contributed by atoms with Crippen LogP contribution in [0.15, 0.2) is 54.6 Å². The van der Waals surface area contributed by atoms with Crippen molar-refractivity contribution in [1.82, 2.24) is 14.5 Å². The van der Waals surface area contributed by atoms with E-state index in [4.69, 9.17) is 14.5 Å². The van der Waals surface area contributed by atoms with Gasteiger partial charge in [0.05, 0.1) is 48.5 Å². The molecule has 3 aromatic rings. The summed E-state index contributed by atoms with van der Waals surface area (Å²) in [5.41, 5.74) is 8.77. The third kappa shape index (κ3) is 6.43. The van der Waals surface area contributed by atoms with Crippen LogP contribution in [0, 0.1) is 6.92 Å². The van der Waals surface area contributed by atoms with Crippen molar-refractivity contribution in [2.45, 2.75) is 73.9 Å². The fraction of sp³-hybridized carbons (Fsp3) is 0.419. The molecule has 37 heavy (non-hydrogen) atoms. The predicted octanol–water partition coefficient (Wildman–Crippen LogP) is 7.79. The van der Waals surface area contributed by atoms with Crippen LogP contribution in [0.1, 0.15) is 76.5 Å². The lowest BCUT2D eigenvalue weighted by Crippen LogP contribution is -2.09. The lowest BCUT2D eigenvalue weighted by Gasteiger charge is -2.18. The van der Waals surface area contributed by atoms with E-state index in [0.29, 0.717) is 19.2 Å². The van der Waals surface area contributed by atoms with Crippen molar-refractivity contribution in [3.05, 3.63) is 77.1 Å². The van der Waals surface area contributed by atoms with E-state index in [0.717, 1.165) is 46.8 Å². The molecule has 0 spiro atoms. The number of pyridine rings is 2. The van der Waals surface area contributed by atoms with E-state index >= 15 is 0 Å². The Morgan fingerprint density at radius 2 is 1.92 bits per heavy atom. The first-order valence-electron chi connectivity index (χ1n) is 13.3. The standard InChI is InChI=1S/C31H42N4O2/c1-9-12-13-14-15-27(23(7)37-11-3)28-16-24(18-33-25-17-26(36-8)20-32-19-25)31-30(34-28)22(6)29(10-2)35(31)21(4)5/h12-17,19-21,33H,9-11,18H2,1-8H3/b13-12+,15-14-,27-23-. The second-order valence-corrected chi connectivity index (χ2v) is 9.32. The highest BCUT2D eigenvalue weighted by molar-refractivity contribution is 5.88. The van der Waals surface area contributed by atoms with Crippen molar-refractivity contribution in [3.63, 3.8) is 0 Å². The number of hydrogen-bond acceptors (Lipinski definition) is 5. The maximum atomic E-state index is 5.96. The molecule has 0 saturated heterocycles. The van der Waals surface area contributed by atoms with E-state index in [9.17, 15) is 0 Å². The van der Waals surface area contributed by atoms with Crippen molar-refractivity contribution in [1.29, 1.82) is 0 Å². The summed E-state index contributed by atoms with van der Waals surface area (Å²) in [6.07, 6.45) is 13.9. The Morgan fingerprint density at radius 1 is 1.14 bits per heavy atom. The number of allylic oxidation sites excluding steroid dienone is 6. The monoisotopic (exact) mass is 502 g/mol. The third-order valence-electron chi connectivity index (χ3n) is 6.44. The zero-order valence-corrected chi connectivity index (χ0v) is 23.7. The molecule has 3 heterocycles. The van der Waals surface area contributed by atoms with Gasteiger partial charge in [-0.05, 0) is 70.7 Å². The van der Waals surface area contributed by atoms with Gasteiger partial charge in [-0.3, -0.25) is 4.98 Å². The lowest BCUT2D eigenvalue weighted by atomic mass is 10.0. The Balaban J connectivity index is 2.24. The van der Waals surface area contributed by atoms with Crippen molar-refractivity contribution < 1.29 is 9.47 Å². The van der Waals surface area contributed by atoms with Gasteiger partial charge in [0.15, 0.2) is 0 Å². The van der Waals surface area contributed by atoms with E-state index in [1.54, 1.807) is 13.3 Å². The predicted molar refractivity (Wildman–Crippen MR) is 155 cm³/mol. The number of anilines is 1. The fourth-order valence-corrected chi connectivity index (χ4v) is 4.72. The number of nitrogens with one attached hydrogen (secondary N) is 1. The highest BCUT2D eigenvalue weighted by Crippen LogP contribution is 2.34. The van der Waals surface area contributed by atoms with Gasteiger partial charge in [-0.2, -0.15) is 0 Å². The molecule has 6 nitrogen and oxygen atoms in total. The van der Waals surface area contributed by atoms with Crippen LogP contribution in [0.5, 0.6) is 5.75 Å². The second kappa shape index (κ2) is 13.1. The summed E-state index contributed by atoms with van der Waals surface area (Å²) in [5.74, 6) is 1.59. The maximum absolute atomic E-state index is 5.96. The third-order valence-corrected chi connectivity index (χ3v) is 6.44. The van der Waals surface area contributed by atoms with Gasteiger partial charge in [0.2, 0.25) is 0 Å². The molecule has 0 aliphatic carbocycles. The van der Waals surface area contributed by atoms with Gasteiger partial charge >= 0.3 is 0 Å². The average molecular weight is 503 g/mol. The normalized spacial score (nSPS) is 12.7. The number of aromatic nitrogens is 3. The second-order valence-electron chi connectivity index (χ2n) is 9.32. The summed E-state index contributed by atoms with van der Waals surface area (Å²) in [5, 5.41) is 3.56. The van der Waals surface area contributed by atoms with E-state index in [-0.39, 0.29) is 0 Å². The van der Waals surface area contributed by atoms with Gasteiger partial charge in [0, 0.05) is 29.9 Å². The number of ether oxygens (including phenoxy) is 2. The zero-order chi connectivity index (χ0) is 26.9. The molecular formula is C31H42N4O2. The topological polar surface area (TPSA) is 61.2 Å². The van der Waals surface area contributed by atoms with Crippen LogP contribution in [-0.4, -0.2) is 28.3 Å². The molecule has 0 bridgehead atoms. The number of methoxy groups -OCH3 is 1. The van der Waals surface area contributed by atoms with Crippen molar-refractivity contribution >= 4 is 22.3 Å². The molecule has 0 saturated carbocycles. The summed E-state index contributed by atoms with van der Waals surface area (Å²) in [6, 6.07) is 4.48. The molecule has 0 fully saturated rings. The Bertz CT molecular complexity index is 1300. The lowest BCUT2D eigenvalue weighted by molar-refractivity contribution is 0.233. The van der Waals surface area contributed by atoms with Crippen LogP contribution in [0.4, 0.5) is 5.69 Å². The number of aryl methyl sites for hydroxylation is 1. The molecule has 3 rings (SSSR count). The largest absolute Gasteiger partial charge is 0.498 e. The smallest absolute Gasteiger partial charge is 0.139 e. The zero-order valence-electron chi connectivity index (χ0n) is 23.7. The van der Waals surface area contributed by atoms with Gasteiger partial charge in [-0.1, -0.05) is 32.1 Å². The minimum Gasteiger partial charge on any atom is -0.498 e. The molecule has 198 valence electrons. The van der Waals surface area contributed by atoms with Gasteiger partial charge < -0.3 is 19.4 Å². The molecule has 0 aliphatic heterocycles. The van der Waals surface area contributed by atoms with E-state index in [2.05, 4.69) is 79.9 Å². The summed E-state index contributed by atoms with van der Waals surface area (Å²) in [4.78, 5) is 9.54. The van der Waals surface area contributed by atoms with Gasteiger partial charge in [-0.15, -0.1) is 0 Å². The van der Waals surface area contributed by atoms with E-state index in [1.807, 2.05) is 26.1 Å². The number of hydrogen-bond donors (Lipinski definition) is 1. The average Bonchev–Trinajstić information content (AvgIpc) is 3.19. The molecule has 0 unspecified atom stereocenters. The molecule has 6 heteroatoms. The highest BCUT2D eigenvalue weighted by Gasteiger charge is 2.21. The molecule has 0 atom stereocenters. The fourth-order valence-electron chi connectivity index (χ4n) is 4.72. The number of rotatable bonds is 12. The van der Waals surface area contributed by atoms with Crippen LogP contribution in [0.2, 0.25) is 0 Å². The van der Waals surface area contributed by atoms with Crippen LogP contribution in [0.25, 0.3) is 16.6 Å². The van der Waals surface area contributed by atoms with E-state index < -0.39 is 0 Å². The summed E-state index contributed by atoms with van der Waals surface area (Å²) in [6.45, 7) is 16.3. The highest BCUT2D eigenvalue weighted by atomic mass is 16.5. The first kappa shape index (κ1) is 28.0. The summed E-state index contributed by atoms with van der Waals surface area (Å²) >= 11 is 0. The van der Waals surface area contributed by atoms with Crippen LogP contribution in [-0.2, 0) is 17.7 Å². The SMILES string of the molecule is CC/C=C/C=C\C(=C(/C)OCC)c1cc(CNc2cncc(OC)c2)c2c(n1)c(C)c(CC)n2C(C)C. The summed E-state index contributed by atoms with van der Waals surface area (Å²) in [7, 11) is 1.65. The first-order chi connectivity index (χ1) is 17.9. The molecular weight excluding hydrogens is 460 g/mol. The van der Waals surface area contributed by atoms with Crippen molar-refractivity contribution in [2.75, 3.05) is 19.0 Å². The molecule has 1 N–H and O–H groups in total. The number of nitrogens with zero attached hydrogens (tertiary/aromatic N) is 3. The van der Waals surface area contributed by atoms with Crippen molar-refractivity contribution in [3.8, 4) is 5.75 Å². The Hall–Kier alpha value is -3.54. The van der Waals surface area contributed by atoms with Gasteiger partial charge in [0.25, 0.3) is 0 Å². The molecule has 0 amide bonds. The van der Waals surface area contributed by atoms with Gasteiger partial charge in [-0.25, -0.2) is 4.98 Å². The molecule has 3 aromatic heterocycles. The maximum Gasteiger partial charge on any atom is 0.139 e. The molecule has 0 aromatic carbocycles. The summed E-state index contributed by atoms with van der Waals surface area (Å²) < 4.78 is 13.8. The minimum absolute atomic E-state index is 0.315. The van der Waals surface area contributed by atoms with Gasteiger partial charge in [0.1, 0.15) is 11.5 Å². The number of fused-ring (bicyclic) bond motifs is 1. The first-order valence-corrected chi connectivity index (χ1v) is 13.3.